The summed E-state index contributed by atoms with van der Waals surface area (Å²) < 4.78 is 29.3. The van der Waals surface area contributed by atoms with Crippen LogP contribution in [0.2, 0.25) is 0 Å². The molecule has 1 aromatic carbocycles. The van der Waals surface area contributed by atoms with Crippen LogP contribution in [0.1, 0.15) is 45.4 Å². The molecular weight excluding hydrogens is 478 g/mol. The number of rotatable bonds is 17. The number of hydrogen-bond acceptors (Lipinski definition) is 10. The second kappa shape index (κ2) is 14.5. The number of anilines is 1. The van der Waals surface area contributed by atoms with Gasteiger partial charge in [0.25, 0.3) is 0 Å². The van der Waals surface area contributed by atoms with E-state index in [1.165, 1.54) is 0 Å². The van der Waals surface area contributed by atoms with E-state index < -0.39 is 0 Å². The van der Waals surface area contributed by atoms with E-state index in [1.807, 2.05) is 37.3 Å². The molecular formula is C26H39N5O6. The fourth-order valence-electron chi connectivity index (χ4n) is 3.71. The van der Waals surface area contributed by atoms with Gasteiger partial charge in [0.15, 0.2) is 17.3 Å². The minimum absolute atomic E-state index is 0.132. The molecule has 2 aromatic heterocycles. The molecule has 0 saturated carbocycles. The van der Waals surface area contributed by atoms with Gasteiger partial charge in [-0.05, 0) is 25.7 Å². The Morgan fingerprint density at radius 2 is 1.68 bits per heavy atom. The summed E-state index contributed by atoms with van der Waals surface area (Å²) in [5.74, 6) is 2.76. The lowest BCUT2D eigenvalue weighted by Gasteiger charge is -2.15. The van der Waals surface area contributed by atoms with Crippen LogP contribution in [0.25, 0.3) is 16.7 Å². The molecule has 0 spiro atoms. The molecule has 0 saturated heterocycles. The highest BCUT2D eigenvalue weighted by molar-refractivity contribution is 5.85. The van der Waals surface area contributed by atoms with Crippen LogP contribution in [0.3, 0.4) is 0 Å². The van der Waals surface area contributed by atoms with Crippen LogP contribution in [0.4, 0.5) is 5.82 Å². The van der Waals surface area contributed by atoms with E-state index in [9.17, 15) is 4.79 Å². The van der Waals surface area contributed by atoms with E-state index in [2.05, 4.69) is 15.5 Å². The number of aryl methyl sites for hydroxylation is 1. The Balaban J connectivity index is 1.73. The Hall–Kier alpha value is -3.18. The molecule has 3 rings (SSSR count). The number of ether oxygens (including phenoxy) is 5. The van der Waals surface area contributed by atoms with E-state index in [1.54, 1.807) is 14.2 Å². The number of benzene rings is 1. The van der Waals surface area contributed by atoms with Gasteiger partial charge in [-0.3, -0.25) is 9.20 Å². The minimum Gasteiger partial charge on any atom is -0.487 e. The first-order chi connectivity index (χ1) is 17.9. The zero-order valence-corrected chi connectivity index (χ0v) is 22.5. The summed E-state index contributed by atoms with van der Waals surface area (Å²) >= 11 is 0. The topological polar surface area (TPSA) is 118 Å². The molecule has 0 bridgehead atoms. The standard InChI is InChI=1S/C26H39N5O6/c1-18(2)17-37-24(32)9-7-6-8-10-27-25-26-30-29-19(3)31(26)21-16-23(36-14-12-34-5)22(15-20(21)28-25)35-13-11-33-4/h15-16,18H,6-14,17H2,1-5H3,(H,27,28). The van der Waals surface area contributed by atoms with Gasteiger partial charge in [0.05, 0.1) is 30.9 Å². The first-order valence-electron chi connectivity index (χ1n) is 12.8. The Labute approximate surface area is 217 Å². The summed E-state index contributed by atoms with van der Waals surface area (Å²) in [5.41, 5.74) is 2.17. The first-order valence-corrected chi connectivity index (χ1v) is 12.8. The maximum atomic E-state index is 11.8. The van der Waals surface area contributed by atoms with Gasteiger partial charge in [-0.1, -0.05) is 20.3 Å². The molecule has 11 heteroatoms. The number of nitrogens with zero attached hydrogens (tertiary/aromatic N) is 4. The van der Waals surface area contributed by atoms with Gasteiger partial charge >= 0.3 is 5.97 Å². The predicted octanol–water partition coefficient (Wildman–Crippen LogP) is 3.81. The Morgan fingerprint density at radius 1 is 0.973 bits per heavy atom. The largest absolute Gasteiger partial charge is 0.487 e. The number of carbonyl (C=O) groups excluding carboxylic acids is 1. The van der Waals surface area contributed by atoms with E-state index in [4.69, 9.17) is 28.7 Å². The van der Waals surface area contributed by atoms with Crippen molar-refractivity contribution < 1.29 is 28.5 Å². The molecule has 0 radical (unpaired) electrons. The molecule has 0 amide bonds. The third kappa shape index (κ3) is 8.16. The van der Waals surface area contributed by atoms with Gasteiger partial charge in [-0.25, -0.2) is 4.98 Å². The van der Waals surface area contributed by atoms with Crippen LogP contribution in [0.5, 0.6) is 11.5 Å². The van der Waals surface area contributed by atoms with Gasteiger partial charge < -0.3 is 29.0 Å². The number of nitrogens with one attached hydrogen (secondary N) is 1. The highest BCUT2D eigenvalue weighted by Gasteiger charge is 2.17. The smallest absolute Gasteiger partial charge is 0.305 e. The third-order valence-electron chi connectivity index (χ3n) is 5.57. The molecule has 0 aliphatic heterocycles. The zero-order valence-electron chi connectivity index (χ0n) is 22.5. The van der Waals surface area contributed by atoms with Gasteiger partial charge in [0, 0.05) is 39.3 Å². The average Bonchev–Trinajstić information content (AvgIpc) is 3.27. The second-order valence-corrected chi connectivity index (χ2v) is 9.15. The maximum absolute atomic E-state index is 11.8. The molecule has 204 valence electrons. The summed E-state index contributed by atoms with van der Waals surface area (Å²) in [4.78, 5) is 16.6. The quantitative estimate of drug-likeness (QED) is 0.209. The van der Waals surface area contributed by atoms with Gasteiger partial charge in [-0.15, -0.1) is 10.2 Å². The van der Waals surface area contributed by atoms with E-state index in [0.717, 1.165) is 36.1 Å². The number of aromatic nitrogens is 4. The van der Waals surface area contributed by atoms with Crippen molar-refractivity contribution >= 4 is 28.5 Å². The molecule has 3 aromatic rings. The molecule has 0 fully saturated rings. The molecule has 0 aliphatic rings. The summed E-state index contributed by atoms with van der Waals surface area (Å²) in [6.45, 7) is 8.79. The Kier molecular flexibility index (Phi) is 11.2. The molecule has 0 atom stereocenters. The fourth-order valence-corrected chi connectivity index (χ4v) is 3.71. The second-order valence-electron chi connectivity index (χ2n) is 9.15. The third-order valence-corrected chi connectivity index (χ3v) is 5.57. The predicted molar refractivity (Wildman–Crippen MR) is 141 cm³/mol. The maximum Gasteiger partial charge on any atom is 0.305 e. The number of esters is 1. The van der Waals surface area contributed by atoms with Crippen molar-refractivity contribution in [2.75, 3.05) is 59.1 Å². The normalized spacial score (nSPS) is 11.4. The lowest BCUT2D eigenvalue weighted by molar-refractivity contribution is -0.144. The highest BCUT2D eigenvalue weighted by atomic mass is 16.5. The number of fused-ring (bicyclic) bond motifs is 3. The monoisotopic (exact) mass is 517 g/mol. The van der Waals surface area contributed by atoms with Crippen molar-refractivity contribution in [3.8, 4) is 11.5 Å². The van der Waals surface area contributed by atoms with Crippen molar-refractivity contribution in [2.24, 2.45) is 5.92 Å². The molecule has 2 heterocycles. The van der Waals surface area contributed by atoms with Crippen LogP contribution in [-0.4, -0.2) is 79.4 Å². The highest BCUT2D eigenvalue weighted by Crippen LogP contribution is 2.34. The molecule has 1 N–H and O–H groups in total. The summed E-state index contributed by atoms with van der Waals surface area (Å²) in [6.07, 6.45) is 3.01. The van der Waals surface area contributed by atoms with Crippen LogP contribution in [0.15, 0.2) is 12.1 Å². The Bertz CT molecular complexity index is 1150. The van der Waals surface area contributed by atoms with Gasteiger partial charge in [0.2, 0.25) is 5.65 Å². The molecule has 0 aliphatic carbocycles. The zero-order chi connectivity index (χ0) is 26.6. The summed E-state index contributed by atoms with van der Waals surface area (Å²) in [7, 11) is 3.26. The van der Waals surface area contributed by atoms with E-state index in [0.29, 0.717) is 74.9 Å². The van der Waals surface area contributed by atoms with Crippen molar-refractivity contribution in [1.82, 2.24) is 19.6 Å². The SMILES string of the molecule is COCCOc1cc2nc(NCCCCCC(=O)OCC(C)C)c3nnc(C)n3c2cc1OCCOC. The van der Waals surface area contributed by atoms with Crippen molar-refractivity contribution in [1.29, 1.82) is 0 Å². The van der Waals surface area contributed by atoms with E-state index >= 15 is 0 Å². The van der Waals surface area contributed by atoms with E-state index in [-0.39, 0.29) is 5.97 Å². The number of methoxy groups -OCH3 is 2. The summed E-state index contributed by atoms with van der Waals surface area (Å²) in [6, 6.07) is 3.76. The number of unbranched alkanes of at least 4 members (excludes halogenated alkanes) is 2. The van der Waals surface area contributed by atoms with Crippen molar-refractivity contribution in [2.45, 2.75) is 46.5 Å². The van der Waals surface area contributed by atoms with Crippen molar-refractivity contribution in [3.05, 3.63) is 18.0 Å². The van der Waals surface area contributed by atoms with Crippen LogP contribution in [0, 0.1) is 12.8 Å². The van der Waals surface area contributed by atoms with Gasteiger partial charge in [-0.2, -0.15) is 0 Å². The summed E-state index contributed by atoms with van der Waals surface area (Å²) in [5, 5.41) is 12.0. The number of carbonyl (C=O) groups is 1. The fraction of sp³-hybridized carbons (Fsp3) is 0.615. The molecule has 11 nitrogen and oxygen atoms in total. The first kappa shape index (κ1) is 28.4. The van der Waals surface area contributed by atoms with Crippen LogP contribution < -0.4 is 14.8 Å². The lowest BCUT2D eigenvalue weighted by atomic mass is 10.2. The van der Waals surface area contributed by atoms with Gasteiger partial charge in [0.1, 0.15) is 19.0 Å². The van der Waals surface area contributed by atoms with Crippen molar-refractivity contribution in [3.63, 3.8) is 0 Å². The van der Waals surface area contributed by atoms with Crippen LogP contribution in [-0.2, 0) is 19.0 Å². The number of hydrogen-bond donors (Lipinski definition) is 1. The minimum atomic E-state index is -0.132. The van der Waals surface area contributed by atoms with Crippen LogP contribution >= 0.6 is 0 Å². The molecule has 0 unspecified atom stereocenters. The average molecular weight is 518 g/mol. The Morgan fingerprint density at radius 3 is 2.35 bits per heavy atom. The molecule has 37 heavy (non-hydrogen) atoms. The lowest BCUT2D eigenvalue weighted by Crippen LogP contribution is -2.11.